The third-order valence-electron chi connectivity index (χ3n) is 4.70. The molecule has 1 N–H and O–H groups in total. The first kappa shape index (κ1) is 20.7. The van der Waals surface area contributed by atoms with Gasteiger partial charge < -0.3 is 15.0 Å². The zero-order valence-corrected chi connectivity index (χ0v) is 17.1. The highest BCUT2D eigenvalue weighted by molar-refractivity contribution is 5.89. The largest absolute Gasteiger partial charge is 0.383 e. The van der Waals surface area contributed by atoms with Gasteiger partial charge in [-0.25, -0.2) is 9.97 Å². The van der Waals surface area contributed by atoms with Gasteiger partial charge in [-0.2, -0.15) is 0 Å². The molecule has 0 spiro atoms. The van der Waals surface area contributed by atoms with Crippen LogP contribution in [0.5, 0.6) is 0 Å². The van der Waals surface area contributed by atoms with E-state index >= 15 is 0 Å². The number of hydrogen-bond acceptors (Lipinski definition) is 5. The number of benzene rings is 2. The van der Waals surface area contributed by atoms with Crippen LogP contribution in [0.3, 0.4) is 0 Å². The number of para-hydroxylation sites is 1. The average molecular weight is 393 g/mol. The monoisotopic (exact) mass is 392 g/mol. The van der Waals surface area contributed by atoms with E-state index in [9.17, 15) is 4.79 Å². The predicted octanol–water partition coefficient (Wildman–Crippen LogP) is 3.35. The molecular formula is C23H28N4O2. The van der Waals surface area contributed by atoms with Crippen molar-refractivity contribution in [1.29, 1.82) is 0 Å². The molecule has 0 radical (unpaired) electrons. The molecule has 152 valence electrons. The number of fused-ring (bicyclic) bond motifs is 1. The highest BCUT2D eigenvalue weighted by Gasteiger charge is 2.16. The fraction of sp³-hybridized carbons (Fsp3) is 0.348. The number of amides is 1. The Kier molecular flexibility index (Phi) is 7.53. The summed E-state index contributed by atoms with van der Waals surface area (Å²) < 4.78 is 5.00. The summed E-state index contributed by atoms with van der Waals surface area (Å²) in [5.41, 5.74) is 2.10. The molecule has 0 aliphatic carbocycles. The lowest BCUT2D eigenvalue weighted by Crippen LogP contribution is -2.32. The standard InChI is InChI=1S/C23H28N4O2/c1-3-21-25-20-12-8-7-11-19(20)23(26-21)27(17-18-9-5-4-6-10-18)15-13-22(28)24-14-16-29-2/h4-12H,3,13-17H2,1-2H3,(H,24,28). The molecule has 0 atom stereocenters. The molecule has 3 rings (SSSR count). The minimum absolute atomic E-state index is 0.00851. The minimum atomic E-state index is 0.00851. The van der Waals surface area contributed by atoms with E-state index < -0.39 is 0 Å². The number of nitrogens with one attached hydrogen (secondary N) is 1. The van der Waals surface area contributed by atoms with E-state index in [0.717, 1.165) is 29.0 Å². The molecule has 1 heterocycles. The van der Waals surface area contributed by atoms with E-state index in [1.807, 2.05) is 42.5 Å². The Morgan fingerprint density at radius 2 is 1.83 bits per heavy atom. The molecule has 6 heteroatoms. The van der Waals surface area contributed by atoms with Crippen molar-refractivity contribution >= 4 is 22.6 Å². The number of carbonyl (C=O) groups excluding carboxylic acids is 1. The molecule has 0 aliphatic heterocycles. The SMILES string of the molecule is CCc1nc(N(CCC(=O)NCCOC)Cc2ccccc2)c2ccccc2n1. The van der Waals surface area contributed by atoms with Crippen LogP contribution in [0.2, 0.25) is 0 Å². The fourth-order valence-electron chi connectivity index (χ4n) is 3.19. The van der Waals surface area contributed by atoms with Gasteiger partial charge in [0.25, 0.3) is 0 Å². The molecule has 1 aromatic heterocycles. The van der Waals surface area contributed by atoms with Gasteiger partial charge in [0.1, 0.15) is 11.6 Å². The summed E-state index contributed by atoms with van der Waals surface area (Å²) in [4.78, 5) is 23.9. The van der Waals surface area contributed by atoms with E-state index in [4.69, 9.17) is 9.72 Å². The van der Waals surface area contributed by atoms with Gasteiger partial charge in [0.2, 0.25) is 5.91 Å². The van der Waals surface area contributed by atoms with E-state index in [1.165, 1.54) is 5.56 Å². The number of carbonyl (C=O) groups is 1. The van der Waals surface area contributed by atoms with Crippen molar-refractivity contribution in [2.75, 3.05) is 31.7 Å². The van der Waals surface area contributed by atoms with Crippen molar-refractivity contribution in [3.63, 3.8) is 0 Å². The van der Waals surface area contributed by atoms with Gasteiger partial charge in [-0.3, -0.25) is 4.79 Å². The third-order valence-corrected chi connectivity index (χ3v) is 4.70. The van der Waals surface area contributed by atoms with Crippen molar-refractivity contribution in [3.8, 4) is 0 Å². The molecular weight excluding hydrogens is 364 g/mol. The first-order valence-electron chi connectivity index (χ1n) is 10.0. The van der Waals surface area contributed by atoms with Gasteiger partial charge >= 0.3 is 0 Å². The van der Waals surface area contributed by atoms with E-state index in [0.29, 0.717) is 32.7 Å². The molecule has 1 amide bonds. The molecule has 0 fully saturated rings. The highest BCUT2D eigenvalue weighted by atomic mass is 16.5. The number of anilines is 1. The molecule has 29 heavy (non-hydrogen) atoms. The summed E-state index contributed by atoms with van der Waals surface area (Å²) in [5.74, 6) is 1.69. The second-order valence-electron chi connectivity index (χ2n) is 6.83. The van der Waals surface area contributed by atoms with Gasteiger partial charge in [0.15, 0.2) is 0 Å². The molecule has 0 unspecified atom stereocenters. The van der Waals surface area contributed by atoms with Crippen molar-refractivity contribution in [1.82, 2.24) is 15.3 Å². The normalized spacial score (nSPS) is 10.8. The smallest absolute Gasteiger partial charge is 0.221 e. The van der Waals surface area contributed by atoms with Crippen LogP contribution in [0.4, 0.5) is 5.82 Å². The van der Waals surface area contributed by atoms with Gasteiger partial charge in [-0.15, -0.1) is 0 Å². The topological polar surface area (TPSA) is 67.4 Å². The molecule has 2 aromatic carbocycles. The van der Waals surface area contributed by atoms with Gasteiger partial charge in [0.05, 0.1) is 12.1 Å². The summed E-state index contributed by atoms with van der Waals surface area (Å²) >= 11 is 0. The van der Waals surface area contributed by atoms with Crippen LogP contribution in [0, 0.1) is 0 Å². The maximum atomic E-state index is 12.3. The van der Waals surface area contributed by atoms with E-state index in [-0.39, 0.29) is 5.91 Å². The minimum Gasteiger partial charge on any atom is -0.383 e. The van der Waals surface area contributed by atoms with Crippen LogP contribution >= 0.6 is 0 Å². The van der Waals surface area contributed by atoms with E-state index in [1.54, 1.807) is 7.11 Å². The zero-order valence-electron chi connectivity index (χ0n) is 17.1. The van der Waals surface area contributed by atoms with Gasteiger partial charge in [0, 0.05) is 45.0 Å². The van der Waals surface area contributed by atoms with Crippen molar-refractivity contribution in [2.45, 2.75) is 26.3 Å². The predicted molar refractivity (Wildman–Crippen MR) is 116 cm³/mol. The van der Waals surface area contributed by atoms with Crippen LogP contribution in [0.25, 0.3) is 10.9 Å². The lowest BCUT2D eigenvalue weighted by atomic mass is 10.1. The number of hydrogen-bond donors (Lipinski definition) is 1. The number of nitrogens with zero attached hydrogens (tertiary/aromatic N) is 3. The Hall–Kier alpha value is -2.99. The lowest BCUT2D eigenvalue weighted by molar-refractivity contribution is -0.121. The second-order valence-corrected chi connectivity index (χ2v) is 6.83. The van der Waals surface area contributed by atoms with Crippen molar-refractivity contribution in [3.05, 3.63) is 66.0 Å². The number of methoxy groups -OCH3 is 1. The Balaban J connectivity index is 1.88. The van der Waals surface area contributed by atoms with E-state index in [2.05, 4.69) is 34.3 Å². The molecule has 0 aliphatic rings. The lowest BCUT2D eigenvalue weighted by Gasteiger charge is -2.25. The first-order chi connectivity index (χ1) is 14.2. The first-order valence-corrected chi connectivity index (χ1v) is 10.0. The third kappa shape index (κ3) is 5.74. The summed E-state index contributed by atoms with van der Waals surface area (Å²) in [5, 5.41) is 3.89. The second kappa shape index (κ2) is 10.5. The maximum Gasteiger partial charge on any atom is 0.221 e. The number of ether oxygens (including phenoxy) is 1. The summed E-state index contributed by atoms with van der Waals surface area (Å²) in [7, 11) is 1.62. The summed E-state index contributed by atoms with van der Waals surface area (Å²) in [6, 6.07) is 18.3. The summed E-state index contributed by atoms with van der Waals surface area (Å²) in [6.07, 6.45) is 1.14. The van der Waals surface area contributed by atoms with Crippen LogP contribution in [0.1, 0.15) is 24.7 Å². The average Bonchev–Trinajstić information content (AvgIpc) is 2.76. The van der Waals surface area contributed by atoms with Crippen molar-refractivity contribution in [2.24, 2.45) is 0 Å². The van der Waals surface area contributed by atoms with Crippen LogP contribution < -0.4 is 10.2 Å². The number of rotatable bonds is 10. The Morgan fingerprint density at radius 3 is 2.59 bits per heavy atom. The summed E-state index contributed by atoms with van der Waals surface area (Å²) in [6.45, 7) is 4.33. The zero-order chi connectivity index (χ0) is 20.5. The van der Waals surface area contributed by atoms with Crippen molar-refractivity contribution < 1.29 is 9.53 Å². The van der Waals surface area contributed by atoms with Crippen LogP contribution in [-0.4, -0.2) is 42.7 Å². The maximum absolute atomic E-state index is 12.3. The molecule has 6 nitrogen and oxygen atoms in total. The Morgan fingerprint density at radius 1 is 1.07 bits per heavy atom. The molecule has 0 saturated heterocycles. The highest BCUT2D eigenvalue weighted by Crippen LogP contribution is 2.25. The number of aryl methyl sites for hydroxylation is 1. The number of aromatic nitrogens is 2. The van der Waals surface area contributed by atoms with Crippen LogP contribution in [0.15, 0.2) is 54.6 Å². The quantitative estimate of drug-likeness (QED) is 0.536. The Bertz CT molecular complexity index is 931. The fourth-order valence-corrected chi connectivity index (χ4v) is 3.19. The van der Waals surface area contributed by atoms with Gasteiger partial charge in [-0.05, 0) is 17.7 Å². The Labute approximate surface area is 171 Å². The van der Waals surface area contributed by atoms with Gasteiger partial charge in [-0.1, -0.05) is 49.4 Å². The molecule has 0 saturated carbocycles. The van der Waals surface area contributed by atoms with Crippen LogP contribution in [-0.2, 0) is 22.5 Å². The molecule has 0 bridgehead atoms. The molecule has 3 aromatic rings.